The number of hydrogen-bond donors (Lipinski definition) is 0. The fraction of sp³-hybridized carbons (Fsp3) is 0.722. The van der Waals surface area contributed by atoms with Gasteiger partial charge in [0.25, 0.3) is 0 Å². The van der Waals surface area contributed by atoms with Crippen LogP contribution in [0.3, 0.4) is 0 Å². The average molecular weight is 348 g/mol. The highest BCUT2D eigenvalue weighted by molar-refractivity contribution is 7.09. The summed E-state index contributed by atoms with van der Waals surface area (Å²) in [4.78, 5) is 11.9. The van der Waals surface area contributed by atoms with Crippen LogP contribution in [-0.2, 0) is 12.1 Å². The van der Waals surface area contributed by atoms with Crippen molar-refractivity contribution in [2.45, 2.75) is 71.4 Å². The minimum atomic E-state index is -0.0253. The summed E-state index contributed by atoms with van der Waals surface area (Å²) in [7, 11) is 0. The molecule has 24 heavy (non-hydrogen) atoms. The fourth-order valence-corrected chi connectivity index (χ4v) is 4.40. The third kappa shape index (κ3) is 3.86. The molecule has 132 valence electrons. The third-order valence-corrected chi connectivity index (χ3v) is 5.63. The highest BCUT2D eigenvalue weighted by Gasteiger charge is 2.26. The van der Waals surface area contributed by atoms with Gasteiger partial charge in [0.2, 0.25) is 0 Å². The molecular formula is C18H29N5S. The minimum Gasteiger partial charge on any atom is -0.295 e. The molecule has 0 spiro atoms. The van der Waals surface area contributed by atoms with E-state index in [0.29, 0.717) is 11.8 Å². The van der Waals surface area contributed by atoms with E-state index in [2.05, 4.69) is 59.7 Å². The van der Waals surface area contributed by atoms with Crippen LogP contribution in [0.25, 0.3) is 0 Å². The lowest BCUT2D eigenvalue weighted by atomic mass is 9.98. The number of piperidine rings is 1. The Kier molecular flexibility index (Phi) is 5.06. The summed E-state index contributed by atoms with van der Waals surface area (Å²) in [5.41, 5.74) is 1.21. The number of likely N-dealkylation sites (tertiary alicyclic amines) is 1. The summed E-state index contributed by atoms with van der Waals surface area (Å²) < 4.78 is 2.05. The molecule has 0 amide bonds. The molecule has 0 aliphatic carbocycles. The topological polar surface area (TPSA) is 46.8 Å². The molecule has 1 fully saturated rings. The maximum Gasteiger partial charge on any atom is 0.141 e. The number of hydrogen-bond acceptors (Lipinski definition) is 5. The molecule has 1 aliphatic rings. The summed E-state index contributed by atoms with van der Waals surface area (Å²) in [5, 5.41) is 7.96. The molecule has 2 aromatic heterocycles. The molecule has 0 bridgehead atoms. The Morgan fingerprint density at radius 2 is 2.12 bits per heavy atom. The second-order valence-electron chi connectivity index (χ2n) is 8.10. The van der Waals surface area contributed by atoms with Gasteiger partial charge in [0, 0.05) is 17.8 Å². The lowest BCUT2D eigenvalue weighted by molar-refractivity contribution is 0.186. The largest absolute Gasteiger partial charge is 0.295 e. The molecule has 6 heteroatoms. The van der Waals surface area contributed by atoms with Crippen LogP contribution in [0.4, 0.5) is 0 Å². The first-order chi connectivity index (χ1) is 11.3. The molecule has 1 saturated heterocycles. The van der Waals surface area contributed by atoms with Crippen LogP contribution in [0, 0.1) is 0 Å². The van der Waals surface area contributed by atoms with E-state index in [1.54, 1.807) is 6.33 Å². The van der Waals surface area contributed by atoms with Crippen LogP contribution in [0.2, 0.25) is 0 Å². The van der Waals surface area contributed by atoms with Crippen molar-refractivity contribution in [2.75, 3.05) is 13.1 Å². The van der Waals surface area contributed by atoms with E-state index in [1.807, 2.05) is 11.3 Å². The normalized spacial score (nSPS) is 20.0. The van der Waals surface area contributed by atoms with Crippen LogP contribution < -0.4 is 0 Å². The third-order valence-electron chi connectivity index (χ3n) is 4.60. The molecule has 0 saturated carbocycles. The molecule has 3 heterocycles. The van der Waals surface area contributed by atoms with Gasteiger partial charge in [-0.2, -0.15) is 5.10 Å². The van der Waals surface area contributed by atoms with E-state index in [4.69, 9.17) is 4.98 Å². The van der Waals surface area contributed by atoms with Crippen molar-refractivity contribution >= 4 is 11.3 Å². The van der Waals surface area contributed by atoms with Crippen molar-refractivity contribution in [1.29, 1.82) is 0 Å². The van der Waals surface area contributed by atoms with Gasteiger partial charge in [0.05, 0.1) is 22.8 Å². The van der Waals surface area contributed by atoms with Crippen molar-refractivity contribution in [1.82, 2.24) is 24.6 Å². The molecule has 0 radical (unpaired) electrons. The minimum absolute atomic E-state index is 0.0253. The first kappa shape index (κ1) is 17.5. The smallest absolute Gasteiger partial charge is 0.141 e. The Bertz CT molecular complexity index is 667. The Balaban J connectivity index is 1.69. The summed E-state index contributed by atoms with van der Waals surface area (Å²) in [5.74, 6) is 2.13. The standard InChI is InChI=1S/C18H29N5S/c1-13(2)15-11-24-17(21-15)14-7-6-8-22(9-14)10-16-19-12-20-23(16)18(3,4)5/h11-14H,6-10H2,1-5H3/t14-/m0/s1. The lowest BCUT2D eigenvalue weighted by Gasteiger charge is -2.32. The van der Waals surface area contributed by atoms with Crippen molar-refractivity contribution in [3.05, 3.63) is 28.2 Å². The maximum atomic E-state index is 4.88. The van der Waals surface area contributed by atoms with Gasteiger partial charge in [-0.15, -0.1) is 11.3 Å². The first-order valence-corrected chi connectivity index (χ1v) is 9.79. The van der Waals surface area contributed by atoms with Crippen LogP contribution in [0.1, 0.15) is 75.8 Å². The highest BCUT2D eigenvalue weighted by atomic mass is 32.1. The monoisotopic (exact) mass is 347 g/mol. The van der Waals surface area contributed by atoms with Gasteiger partial charge >= 0.3 is 0 Å². The zero-order valence-electron chi connectivity index (χ0n) is 15.5. The predicted octanol–water partition coefficient (Wildman–Crippen LogP) is 3.99. The summed E-state index contributed by atoms with van der Waals surface area (Å²) in [6, 6.07) is 0. The van der Waals surface area contributed by atoms with Gasteiger partial charge in [-0.3, -0.25) is 4.90 Å². The second kappa shape index (κ2) is 6.92. The zero-order chi connectivity index (χ0) is 17.3. The molecule has 2 aromatic rings. The van der Waals surface area contributed by atoms with Gasteiger partial charge in [-0.05, 0) is 46.1 Å². The number of thiazole rings is 1. The van der Waals surface area contributed by atoms with Gasteiger partial charge in [0.1, 0.15) is 12.2 Å². The molecule has 1 atom stereocenters. The second-order valence-corrected chi connectivity index (χ2v) is 8.99. The fourth-order valence-electron chi connectivity index (χ4n) is 3.29. The van der Waals surface area contributed by atoms with Crippen LogP contribution in [-0.4, -0.2) is 37.7 Å². The Labute approximate surface area is 149 Å². The quantitative estimate of drug-likeness (QED) is 0.839. The molecule has 3 rings (SSSR count). The van der Waals surface area contributed by atoms with E-state index in [-0.39, 0.29) is 5.54 Å². The predicted molar refractivity (Wildman–Crippen MR) is 98.5 cm³/mol. The molecular weight excluding hydrogens is 318 g/mol. The summed E-state index contributed by atoms with van der Waals surface area (Å²) in [6.07, 6.45) is 4.15. The molecule has 0 N–H and O–H groups in total. The summed E-state index contributed by atoms with van der Waals surface area (Å²) >= 11 is 1.83. The van der Waals surface area contributed by atoms with E-state index < -0.39 is 0 Å². The van der Waals surface area contributed by atoms with E-state index in [0.717, 1.165) is 25.5 Å². The van der Waals surface area contributed by atoms with Crippen LogP contribution in [0.15, 0.2) is 11.7 Å². The Morgan fingerprint density at radius 3 is 2.79 bits per heavy atom. The Morgan fingerprint density at radius 1 is 1.33 bits per heavy atom. The van der Waals surface area contributed by atoms with Crippen LogP contribution >= 0.6 is 11.3 Å². The van der Waals surface area contributed by atoms with Crippen molar-refractivity contribution < 1.29 is 0 Å². The molecule has 5 nitrogen and oxygen atoms in total. The molecule has 0 unspecified atom stereocenters. The molecule has 1 aliphatic heterocycles. The SMILES string of the molecule is CC(C)c1csc([C@H]2CCCN(Cc3ncnn3C(C)(C)C)C2)n1. The zero-order valence-corrected chi connectivity index (χ0v) is 16.3. The first-order valence-electron chi connectivity index (χ1n) is 8.91. The van der Waals surface area contributed by atoms with Crippen LogP contribution in [0.5, 0.6) is 0 Å². The number of rotatable bonds is 4. The van der Waals surface area contributed by atoms with Gasteiger partial charge in [0.15, 0.2) is 0 Å². The maximum absolute atomic E-state index is 4.88. The van der Waals surface area contributed by atoms with E-state index in [1.165, 1.54) is 23.5 Å². The lowest BCUT2D eigenvalue weighted by Crippen LogP contribution is -2.36. The van der Waals surface area contributed by atoms with Crippen molar-refractivity contribution in [3.8, 4) is 0 Å². The van der Waals surface area contributed by atoms with Gasteiger partial charge in [-0.25, -0.2) is 14.6 Å². The number of nitrogens with zero attached hydrogens (tertiary/aromatic N) is 5. The van der Waals surface area contributed by atoms with Crippen molar-refractivity contribution in [3.63, 3.8) is 0 Å². The molecule has 0 aromatic carbocycles. The van der Waals surface area contributed by atoms with Gasteiger partial charge in [-0.1, -0.05) is 13.8 Å². The van der Waals surface area contributed by atoms with E-state index >= 15 is 0 Å². The number of aromatic nitrogens is 4. The average Bonchev–Trinajstić information content (AvgIpc) is 3.15. The van der Waals surface area contributed by atoms with Crippen molar-refractivity contribution in [2.24, 2.45) is 0 Å². The Hall–Kier alpha value is -1.27. The highest BCUT2D eigenvalue weighted by Crippen LogP contribution is 2.31. The van der Waals surface area contributed by atoms with E-state index in [9.17, 15) is 0 Å². The summed E-state index contributed by atoms with van der Waals surface area (Å²) in [6.45, 7) is 14.0. The van der Waals surface area contributed by atoms with Gasteiger partial charge < -0.3 is 0 Å².